The fourth-order valence-corrected chi connectivity index (χ4v) is 1.27. The Labute approximate surface area is 73.7 Å². The van der Waals surface area contributed by atoms with Crippen molar-refractivity contribution in [2.45, 2.75) is 6.04 Å². The maximum Gasteiger partial charge on any atom is 0.408 e. The van der Waals surface area contributed by atoms with Gasteiger partial charge in [-0.2, -0.15) is 0 Å². The topological polar surface area (TPSA) is 98.1 Å². The van der Waals surface area contributed by atoms with E-state index in [0.29, 0.717) is 0 Å². The minimum absolute atomic E-state index is 0.0161. The van der Waals surface area contributed by atoms with Crippen LogP contribution in [0.2, 0.25) is 0 Å². The van der Waals surface area contributed by atoms with Crippen LogP contribution >= 0.6 is 0 Å². The Balaban J connectivity index is 2.82. The van der Waals surface area contributed by atoms with E-state index in [1.165, 1.54) is 6.08 Å². The van der Waals surface area contributed by atoms with Crippen LogP contribution in [-0.2, 0) is 4.79 Å². The van der Waals surface area contributed by atoms with E-state index in [4.69, 9.17) is 15.3 Å². The number of aliphatic hydroxyl groups is 1. The highest BCUT2D eigenvalue weighted by atomic mass is 16.4. The number of aliphatic carboxylic acids is 1. The monoisotopic (exact) mass is 187 g/mol. The van der Waals surface area contributed by atoms with Crippen LogP contribution in [0.3, 0.4) is 0 Å². The smallest absolute Gasteiger partial charge is 0.408 e. The first kappa shape index (κ1) is 9.53. The Kier molecular flexibility index (Phi) is 2.52. The third kappa shape index (κ3) is 1.62. The van der Waals surface area contributed by atoms with E-state index in [0.717, 1.165) is 4.90 Å². The molecule has 1 rings (SSSR count). The Morgan fingerprint density at radius 3 is 2.54 bits per heavy atom. The van der Waals surface area contributed by atoms with Gasteiger partial charge in [-0.15, -0.1) is 0 Å². The lowest BCUT2D eigenvalue weighted by molar-refractivity contribution is -0.133. The second kappa shape index (κ2) is 3.44. The van der Waals surface area contributed by atoms with E-state index >= 15 is 0 Å². The average Bonchev–Trinajstić information content (AvgIpc) is 2.46. The molecule has 0 aromatic heterocycles. The minimum atomic E-state index is -1.23. The molecule has 1 aliphatic heterocycles. The molecule has 6 heteroatoms. The van der Waals surface area contributed by atoms with Gasteiger partial charge in [0.05, 0.1) is 18.2 Å². The number of carboxylic acid groups (broad SMARTS) is 2. The van der Waals surface area contributed by atoms with Crippen LogP contribution in [0.5, 0.6) is 0 Å². The normalized spacial score (nSPS) is 21.5. The molecule has 72 valence electrons. The van der Waals surface area contributed by atoms with Crippen molar-refractivity contribution >= 4 is 12.1 Å². The van der Waals surface area contributed by atoms with Crippen molar-refractivity contribution in [3.63, 3.8) is 0 Å². The zero-order valence-electron chi connectivity index (χ0n) is 6.67. The molecule has 0 fully saturated rings. The molecule has 0 unspecified atom stereocenters. The molecule has 1 heterocycles. The number of carbonyl (C=O) groups is 2. The van der Waals surface area contributed by atoms with Gasteiger partial charge in [-0.3, -0.25) is 4.90 Å². The number of amides is 1. The van der Waals surface area contributed by atoms with Gasteiger partial charge in [0.2, 0.25) is 0 Å². The standard InChI is InChI=1S/C7H9NO5/c9-3-5-4(6(10)11)1-2-8(5)7(12)13/h1,5,9H,2-3H2,(H,10,11)(H,12,13)/t5-/m0/s1. The van der Waals surface area contributed by atoms with Crippen molar-refractivity contribution < 1.29 is 24.9 Å². The molecule has 0 saturated heterocycles. The van der Waals surface area contributed by atoms with E-state index in [-0.39, 0.29) is 12.1 Å². The van der Waals surface area contributed by atoms with Crippen LogP contribution < -0.4 is 0 Å². The zero-order chi connectivity index (χ0) is 10.0. The first-order valence-corrected chi connectivity index (χ1v) is 3.61. The lowest BCUT2D eigenvalue weighted by atomic mass is 10.1. The fraction of sp³-hybridized carbons (Fsp3) is 0.429. The van der Waals surface area contributed by atoms with Gasteiger partial charge in [-0.1, -0.05) is 6.08 Å². The second-order valence-electron chi connectivity index (χ2n) is 2.60. The van der Waals surface area contributed by atoms with Crippen LogP contribution in [0.1, 0.15) is 0 Å². The maximum atomic E-state index is 10.5. The van der Waals surface area contributed by atoms with Crippen molar-refractivity contribution in [2.24, 2.45) is 0 Å². The molecule has 3 N–H and O–H groups in total. The summed E-state index contributed by atoms with van der Waals surface area (Å²) in [6.45, 7) is -0.493. The number of aliphatic hydroxyl groups excluding tert-OH is 1. The van der Waals surface area contributed by atoms with Crippen LogP contribution in [0.15, 0.2) is 11.6 Å². The fourth-order valence-electron chi connectivity index (χ4n) is 1.27. The summed E-state index contributed by atoms with van der Waals surface area (Å²) in [7, 11) is 0. The highest BCUT2D eigenvalue weighted by Gasteiger charge is 2.33. The van der Waals surface area contributed by atoms with Gasteiger partial charge in [-0.05, 0) is 0 Å². The van der Waals surface area contributed by atoms with Gasteiger partial charge in [-0.25, -0.2) is 9.59 Å². The lowest BCUT2D eigenvalue weighted by Crippen LogP contribution is -2.40. The number of carboxylic acids is 1. The minimum Gasteiger partial charge on any atom is -0.478 e. The van der Waals surface area contributed by atoms with Gasteiger partial charge < -0.3 is 15.3 Å². The molecule has 1 aliphatic rings. The summed E-state index contributed by atoms with van der Waals surface area (Å²) in [6.07, 6.45) is 0.0590. The Bertz CT molecular complexity index is 272. The maximum absolute atomic E-state index is 10.5. The highest BCUT2D eigenvalue weighted by molar-refractivity contribution is 5.90. The highest BCUT2D eigenvalue weighted by Crippen LogP contribution is 2.18. The number of hydrogen-bond acceptors (Lipinski definition) is 3. The summed E-state index contributed by atoms with van der Waals surface area (Å²) in [5.74, 6) is -1.19. The van der Waals surface area contributed by atoms with E-state index in [9.17, 15) is 9.59 Å². The van der Waals surface area contributed by atoms with E-state index in [2.05, 4.69) is 0 Å². The van der Waals surface area contributed by atoms with Gasteiger partial charge in [0, 0.05) is 6.54 Å². The van der Waals surface area contributed by atoms with Crippen molar-refractivity contribution in [2.75, 3.05) is 13.2 Å². The van der Waals surface area contributed by atoms with Crippen molar-refractivity contribution in [1.82, 2.24) is 4.90 Å². The van der Waals surface area contributed by atoms with Crippen LogP contribution in [-0.4, -0.2) is 51.5 Å². The summed E-state index contributed by atoms with van der Waals surface area (Å²) in [6, 6.07) is -0.935. The Hall–Kier alpha value is -1.56. The van der Waals surface area contributed by atoms with E-state index in [1.807, 2.05) is 0 Å². The molecule has 13 heavy (non-hydrogen) atoms. The third-order valence-electron chi connectivity index (χ3n) is 1.91. The molecule has 0 bridgehead atoms. The van der Waals surface area contributed by atoms with Crippen LogP contribution in [0, 0.1) is 0 Å². The molecular formula is C7H9NO5. The lowest BCUT2D eigenvalue weighted by Gasteiger charge is -2.20. The van der Waals surface area contributed by atoms with Crippen molar-refractivity contribution in [1.29, 1.82) is 0 Å². The molecule has 0 aromatic rings. The Morgan fingerprint density at radius 2 is 2.15 bits per heavy atom. The van der Waals surface area contributed by atoms with E-state index < -0.39 is 24.7 Å². The first-order valence-electron chi connectivity index (χ1n) is 3.61. The molecule has 0 aliphatic carbocycles. The van der Waals surface area contributed by atoms with Crippen LogP contribution in [0.25, 0.3) is 0 Å². The molecule has 0 saturated carbocycles. The number of rotatable bonds is 2. The zero-order valence-corrected chi connectivity index (χ0v) is 6.67. The largest absolute Gasteiger partial charge is 0.478 e. The van der Waals surface area contributed by atoms with Gasteiger partial charge in [0.25, 0.3) is 0 Å². The summed E-state index contributed by atoms with van der Waals surface area (Å²) in [4.78, 5) is 21.9. The summed E-state index contributed by atoms with van der Waals surface area (Å²) in [5, 5.41) is 26.0. The van der Waals surface area contributed by atoms with Gasteiger partial charge in [0.15, 0.2) is 0 Å². The third-order valence-corrected chi connectivity index (χ3v) is 1.91. The van der Waals surface area contributed by atoms with Crippen LogP contribution in [0.4, 0.5) is 4.79 Å². The number of hydrogen-bond donors (Lipinski definition) is 3. The predicted molar refractivity (Wildman–Crippen MR) is 41.3 cm³/mol. The molecule has 1 amide bonds. The Morgan fingerprint density at radius 1 is 1.54 bits per heavy atom. The molecular weight excluding hydrogens is 178 g/mol. The van der Waals surface area contributed by atoms with Crippen molar-refractivity contribution in [3.8, 4) is 0 Å². The predicted octanol–water partition coefficient (Wildman–Crippen LogP) is -0.648. The SMILES string of the molecule is O=C(O)C1=CCN(C(=O)O)[C@H]1CO. The van der Waals surface area contributed by atoms with Gasteiger partial charge in [0.1, 0.15) is 0 Å². The molecule has 0 spiro atoms. The quantitative estimate of drug-likeness (QED) is 0.533. The van der Waals surface area contributed by atoms with Gasteiger partial charge >= 0.3 is 12.1 Å². The summed E-state index contributed by atoms with van der Waals surface area (Å²) in [5.41, 5.74) is -0.0649. The molecule has 6 nitrogen and oxygen atoms in total. The molecule has 0 aromatic carbocycles. The first-order chi connectivity index (χ1) is 6.07. The average molecular weight is 187 g/mol. The summed E-state index contributed by atoms with van der Waals surface area (Å²) < 4.78 is 0. The second-order valence-corrected chi connectivity index (χ2v) is 2.60. The molecule has 1 atom stereocenters. The van der Waals surface area contributed by atoms with Crippen molar-refractivity contribution in [3.05, 3.63) is 11.6 Å². The summed E-state index contributed by atoms with van der Waals surface area (Å²) >= 11 is 0. The number of nitrogens with zero attached hydrogens (tertiary/aromatic N) is 1. The molecule has 0 radical (unpaired) electrons. The van der Waals surface area contributed by atoms with E-state index in [1.54, 1.807) is 0 Å².